The Morgan fingerprint density at radius 1 is 1.30 bits per heavy atom. The summed E-state index contributed by atoms with van der Waals surface area (Å²) in [7, 11) is 0. The summed E-state index contributed by atoms with van der Waals surface area (Å²) in [6.45, 7) is 0. The van der Waals surface area contributed by atoms with E-state index in [1.165, 1.54) is 0 Å². The van der Waals surface area contributed by atoms with Crippen molar-refractivity contribution < 1.29 is 4.42 Å². The summed E-state index contributed by atoms with van der Waals surface area (Å²) in [5.41, 5.74) is 4.26. The van der Waals surface area contributed by atoms with E-state index in [0.29, 0.717) is 10.8 Å². The molecule has 0 aliphatic carbocycles. The largest absolute Gasteiger partial charge is 0.459 e. The summed E-state index contributed by atoms with van der Waals surface area (Å²) >= 11 is 9.45. The Hall–Kier alpha value is -1.40. The van der Waals surface area contributed by atoms with Gasteiger partial charge in [0, 0.05) is 21.1 Å². The molecule has 3 rings (SSSR count). The smallest absolute Gasteiger partial charge is 0.134 e. The topological polar surface area (TPSA) is 64.1 Å². The quantitative estimate of drug-likeness (QED) is 0.556. The van der Waals surface area contributed by atoms with Crippen molar-refractivity contribution in [3.05, 3.63) is 63.5 Å². The van der Waals surface area contributed by atoms with Gasteiger partial charge in [0.05, 0.1) is 5.69 Å². The van der Waals surface area contributed by atoms with Crippen LogP contribution < -0.4 is 11.3 Å². The van der Waals surface area contributed by atoms with E-state index in [0.717, 1.165) is 21.1 Å². The minimum absolute atomic E-state index is 0.336. The second kappa shape index (κ2) is 5.54. The van der Waals surface area contributed by atoms with Gasteiger partial charge in [0.2, 0.25) is 0 Å². The van der Waals surface area contributed by atoms with Crippen LogP contribution in [0.25, 0.3) is 11.0 Å². The van der Waals surface area contributed by atoms with Crippen molar-refractivity contribution in [2.45, 2.75) is 6.04 Å². The van der Waals surface area contributed by atoms with Gasteiger partial charge in [-0.2, -0.15) is 0 Å². The molecule has 0 spiro atoms. The molecular weight excluding hydrogens is 342 g/mol. The van der Waals surface area contributed by atoms with Crippen molar-refractivity contribution in [2.24, 2.45) is 5.84 Å². The number of hydrogen-bond donors (Lipinski definition) is 2. The van der Waals surface area contributed by atoms with Gasteiger partial charge in [-0.05, 0) is 52.3 Å². The number of nitrogens with zero attached hydrogens (tertiary/aromatic N) is 1. The molecule has 6 heteroatoms. The Balaban J connectivity index is 2.10. The van der Waals surface area contributed by atoms with Crippen LogP contribution in [0.15, 0.2) is 51.5 Å². The van der Waals surface area contributed by atoms with Crippen molar-refractivity contribution in [2.75, 3.05) is 0 Å². The maximum Gasteiger partial charge on any atom is 0.134 e. The zero-order chi connectivity index (χ0) is 14.1. The maximum absolute atomic E-state index is 5.98. The molecule has 1 atom stereocenters. The first kappa shape index (κ1) is 13.6. The summed E-state index contributed by atoms with van der Waals surface area (Å²) in [6, 6.07) is 10.8. The van der Waals surface area contributed by atoms with Gasteiger partial charge in [-0.25, -0.2) is 5.43 Å². The maximum atomic E-state index is 5.98. The molecule has 3 N–H and O–H groups in total. The lowest BCUT2D eigenvalue weighted by Crippen LogP contribution is -2.29. The third-order valence-electron chi connectivity index (χ3n) is 3.01. The van der Waals surface area contributed by atoms with Crippen LogP contribution in [0.1, 0.15) is 17.5 Å². The summed E-state index contributed by atoms with van der Waals surface area (Å²) in [6.07, 6.45) is 1.71. The number of hydrazine groups is 1. The fraction of sp³-hybridized carbons (Fsp3) is 0.0714. The highest BCUT2D eigenvalue weighted by molar-refractivity contribution is 9.10. The highest BCUT2D eigenvalue weighted by Gasteiger charge is 2.20. The zero-order valence-corrected chi connectivity index (χ0v) is 12.6. The molecular formula is C14H11BrClN3O. The van der Waals surface area contributed by atoms with E-state index in [1.807, 2.05) is 30.3 Å². The van der Waals surface area contributed by atoms with Crippen LogP contribution in [0, 0.1) is 0 Å². The standard InChI is InChI=1S/C14H11BrClN3O/c15-10-2-1-5-18-13(10)14(19-17)12-7-8-6-9(16)3-4-11(8)20-12/h1-7,14,19H,17H2. The van der Waals surface area contributed by atoms with Crippen molar-refractivity contribution in [3.8, 4) is 0 Å². The molecule has 0 radical (unpaired) electrons. The minimum atomic E-state index is -0.336. The zero-order valence-electron chi connectivity index (χ0n) is 10.3. The number of furan rings is 1. The van der Waals surface area contributed by atoms with E-state index in [-0.39, 0.29) is 6.04 Å². The van der Waals surface area contributed by atoms with Crippen LogP contribution in [0.3, 0.4) is 0 Å². The molecule has 0 saturated carbocycles. The summed E-state index contributed by atoms with van der Waals surface area (Å²) in [5.74, 6) is 6.34. The normalized spacial score (nSPS) is 12.8. The van der Waals surface area contributed by atoms with Gasteiger partial charge in [0.15, 0.2) is 0 Å². The molecule has 4 nitrogen and oxygen atoms in total. The number of nitrogens with two attached hydrogens (primary N) is 1. The van der Waals surface area contributed by atoms with E-state index in [1.54, 1.807) is 12.3 Å². The van der Waals surface area contributed by atoms with E-state index >= 15 is 0 Å². The summed E-state index contributed by atoms with van der Waals surface area (Å²) in [5, 5.41) is 1.60. The predicted octanol–water partition coefficient (Wildman–Crippen LogP) is 3.80. The molecule has 102 valence electrons. The number of hydrogen-bond acceptors (Lipinski definition) is 4. The second-order valence-electron chi connectivity index (χ2n) is 4.30. The second-order valence-corrected chi connectivity index (χ2v) is 5.59. The Kier molecular flexibility index (Phi) is 3.76. The lowest BCUT2D eigenvalue weighted by Gasteiger charge is -2.13. The third kappa shape index (κ3) is 2.45. The average Bonchev–Trinajstić information content (AvgIpc) is 2.84. The first-order valence-electron chi connectivity index (χ1n) is 5.94. The molecule has 0 saturated heterocycles. The van der Waals surface area contributed by atoms with Crippen molar-refractivity contribution in [1.29, 1.82) is 0 Å². The lowest BCUT2D eigenvalue weighted by atomic mass is 10.1. The van der Waals surface area contributed by atoms with Gasteiger partial charge in [-0.1, -0.05) is 11.6 Å². The SMILES string of the molecule is NNC(c1cc2cc(Cl)ccc2o1)c1ncccc1Br. The summed E-state index contributed by atoms with van der Waals surface area (Å²) in [4.78, 5) is 4.34. The monoisotopic (exact) mass is 351 g/mol. The average molecular weight is 353 g/mol. The number of rotatable bonds is 3. The van der Waals surface area contributed by atoms with Crippen molar-refractivity contribution in [1.82, 2.24) is 10.4 Å². The Labute approximate surface area is 129 Å². The van der Waals surface area contributed by atoms with Crippen LogP contribution in [0.2, 0.25) is 5.02 Å². The molecule has 3 aromatic rings. The van der Waals surface area contributed by atoms with E-state index in [9.17, 15) is 0 Å². The molecule has 0 aliphatic rings. The van der Waals surface area contributed by atoms with Crippen LogP contribution in [-0.4, -0.2) is 4.98 Å². The first-order valence-corrected chi connectivity index (χ1v) is 7.11. The number of halogens is 2. The molecule has 0 bridgehead atoms. The molecule has 0 amide bonds. The number of fused-ring (bicyclic) bond motifs is 1. The molecule has 20 heavy (non-hydrogen) atoms. The Bertz CT molecular complexity index is 759. The molecule has 1 unspecified atom stereocenters. The molecule has 1 aromatic carbocycles. The van der Waals surface area contributed by atoms with Gasteiger partial charge in [0.25, 0.3) is 0 Å². The van der Waals surface area contributed by atoms with Crippen LogP contribution in [0.5, 0.6) is 0 Å². The molecule has 0 fully saturated rings. The van der Waals surface area contributed by atoms with Crippen molar-refractivity contribution in [3.63, 3.8) is 0 Å². The molecule has 0 aliphatic heterocycles. The van der Waals surface area contributed by atoms with Gasteiger partial charge < -0.3 is 4.42 Å². The Morgan fingerprint density at radius 3 is 2.90 bits per heavy atom. The minimum Gasteiger partial charge on any atom is -0.459 e. The van der Waals surface area contributed by atoms with Gasteiger partial charge >= 0.3 is 0 Å². The fourth-order valence-electron chi connectivity index (χ4n) is 2.08. The predicted molar refractivity (Wildman–Crippen MR) is 82.3 cm³/mol. The van der Waals surface area contributed by atoms with Crippen LogP contribution in [-0.2, 0) is 0 Å². The van der Waals surface area contributed by atoms with E-state index in [4.69, 9.17) is 21.9 Å². The third-order valence-corrected chi connectivity index (χ3v) is 3.91. The van der Waals surface area contributed by atoms with E-state index < -0.39 is 0 Å². The Morgan fingerprint density at radius 2 is 2.15 bits per heavy atom. The number of pyridine rings is 1. The van der Waals surface area contributed by atoms with Crippen molar-refractivity contribution >= 4 is 38.5 Å². The van der Waals surface area contributed by atoms with Crippen LogP contribution >= 0.6 is 27.5 Å². The van der Waals surface area contributed by atoms with Crippen LogP contribution in [0.4, 0.5) is 0 Å². The number of aromatic nitrogens is 1. The van der Waals surface area contributed by atoms with E-state index in [2.05, 4.69) is 26.3 Å². The van der Waals surface area contributed by atoms with Gasteiger partial charge in [-0.3, -0.25) is 10.8 Å². The highest BCUT2D eigenvalue weighted by Crippen LogP contribution is 2.31. The fourth-order valence-corrected chi connectivity index (χ4v) is 2.75. The highest BCUT2D eigenvalue weighted by atomic mass is 79.9. The molecule has 2 aromatic heterocycles. The number of benzene rings is 1. The lowest BCUT2D eigenvalue weighted by molar-refractivity contribution is 0.470. The van der Waals surface area contributed by atoms with Gasteiger partial charge in [0.1, 0.15) is 17.4 Å². The van der Waals surface area contributed by atoms with Gasteiger partial charge in [-0.15, -0.1) is 0 Å². The summed E-state index contributed by atoms with van der Waals surface area (Å²) < 4.78 is 6.69. The number of nitrogens with one attached hydrogen (secondary N) is 1. The molecule has 2 heterocycles. The first-order chi connectivity index (χ1) is 9.69.